The van der Waals surface area contributed by atoms with Gasteiger partial charge in [0.25, 0.3) is 0 Å². The fraction of sp³-hybridized carbons (Fsp3) is 0.312. The summed E-state index contributed by atoms with van der Waals surface area (Å²) in [5, 5.41) is 2.75. The second-order valence-corrected chi connectivity index (χ2v) is 6.42. The van der Waals surface area contributed by atoms with E-state index in [0.29, 0.717) is 17.2 Å². The molecule has 1 aliphatic rings. The van der Waals surface area contributed by atoms with Crippen LogP contribution in [0.4, 0.5) is 4.39 Å². The molecule has 1 aromatic heterocycles. The maximum Gasteiger partial charge on any atom is 0.239 e. The molecule has 0 bridgehead atoms. The third-order valence-corrected chi connectivity index (χ3v) is 4.71. The predicted molar refractivity (Wildman–Crippen MR) is 89.1 cm³/mol. The first-order valence-electron chi connectivity index (χ1n) is 7.45. The Kier molecular flexibility index (Phi) is 4.84. The Balaban J connectivity index is 1.70. The standard InChI is InChI=1S/C16H17FN4O2S/c1-11-18-4-5-21(11)14-3-2-13(17)6-12(14)7-19-15(22)8-20-10-24-9-16(20)23/h2-6H,7-10H2,1H3,(H,19,22). The highest BCUT2D eigenvalue weighted by Gasteiger charge is 2.22. The van der Waals surface area contributed by atoms with E-state index >= 15 is 0 Å². The Labute approximate surface area is 143 Å². The van der Waals surface area contributed by atoms with Crippen LogP contribution in [0.2, 0.25) is 0 Å². The van der Waals surface area contributed by atoms with E-state index in [9.17, 15) is 14.0 Å². The Morgan fingerprint density at radius 1 is 1.46 bits per heavy atom. The van der Waals surface area contributed by atoms with Crippen molar-refractivity contribution in [1.82, 2.24) is 19.8 Å². The quantitative estimate of drug-likeness (QED) is 0.889. The molecule has 0 aliphatic carbocycles. The summed E-state index contributed by atoms with van der Waals surface area (Å²) in [7, 11) is 0. The van der Waals surface area contributed by atoms with E-state index in [0.717, 1.165) is 11.5 Å². The number of halogens is 1. The van der Waals surface area contributed by atoms with Crippen molar-refractivity contribution in [2.75, 3.05) is 18.2 Å². The van der Waals surface area contributed by atoms with Crippen LogP contribution in [0.3, 0.4) is 0 Å². The fourth-order valence-corrected chi connectivity index (χ4v) is 3.43. The van der Waals surface area contributed by atoms with Crippen molar-refractivity contribution < 1.29 is 14.0 Å². The number of nitrogens with one attached hydrogen (secondary N) is 1. The Morgan fingerprint density at radius 2 is 2.29 bits per heavy atom. The first-order chi connectivity index (χ1) is 11.5. The SMILES string of the molecule is Cc1nccn1-c1ccc(F)cc1CNC(=O)CN1CSCC1=O. The van der Waals surface area contributed by atoms with Gasteiger partial charge in [0, 0.05) is 18.9 Å². The van der Waals surface area contributed by atoms with Crippen LogP contribution in [-0.4, -0.2) is 44.4 Å². The number of hydrogen-bond donors (Lipinski definition) is 1. The molecular weight excluding hydrogens is 331 g/mol. The summed E-state index contributed by atoms with van der Waals surface area (Å²) in [6.45, 7) is 2.06. The van der Waals surface area contributed by atoms with E-state index in [1.165, 1.54) is 28.8 Å². The largest absolute Gasteiger partial charge is 0.350 e. The minimum Gasteiger partial charge on any atom is -0.350 e. The molecule has 3 rings (SSSR count). The van der Waals surface area contributed by atoms with E-state index in [1.54, 1.807) is 18.5 Å². The van der Waals surface area contributed by atoms with E-state index in [4.69, 9.17) is 0 Å². The maximum atomic E-state index is 13.6. The normalized spacial score (nSPS) is 14.2. The van der Waals surface area contributed by atoms with Gasteiger partial charge in [0.15, 0.2) is 0 Å². The lowest BCUT2D eigenvalue weighted by molar-refractivity contribution is -0.132. The van der Waals surface area contributed by atoms with Crippen molar-refractivity contribution in [3.05, 3.63) is 47.8 Å². The molecule has 2 heterocycles. The highest BCUT2D eigenvalue weighted by atomic mass is 32.2. The van der Waals surface area contributed by atoms with Gasteiger partial charge in [-0.05, 0) is 30.7 Å². The molecular formula is C16H17FN4O2S. The van der Waals surface area contributed by atoms with Gasteiger partial charge in [0.05, 0.1) is 17.3 Å². The number of carbonyl (C=O) groups excluding carboxylic acids is 2. The molecule has 0 radical (unpaired) electrons. The molecule has 1 fully saturated rings. The summed E-state index contributed by atoms with van der Waals surface area (Å²) < 4.78 is 15.4. The highest BCUT2D eigenvalue weighted by molar-refractivity contribution is 8.00. The van der Waals surface area contributed by atoms with Gasteiger partial charge in [-0.15, -0.1) is 11.8 Å². The number of nitrogens with zero attached hydrogens (tertiary/aromatic N) is 3. The van der Waals surface area contributed by atoms with Gasteiger partial charge >= 0.3 is 0 Å². The predicted octanol–water partition coefficient (Wildman–Crippen LogP) is 1.47. The number of aromatic nitrogens is 2. The second kappa shape index (κ2) is 7.04. The molecule has 2 aromatic rings. The number of rotatable bonds is 5. The zero-order chi connectivity index (χ0) is 17.1. The van der Waals surface area contributed by atoms with Gasteiger partial charge in [0.1, 0.15) is 18.2 Å². The zero-order valence-corrected chi connectivity index (χ0v) is 14.0. The lowest BCUT2D eigenvalue weighted by Crippen LogP contribution is -2.38. The van der Waals surface area contributed by atoms with Gasteiger partial charge < -0.3 is 14.8 Å². The van der Waals surface area contributed by atoms with Crippen LogP contribution in [0.15, 0.2) is 30.6 Å². The van der Waals surface area contributed by atoms with E-state index in [-0.39, 0.29) is 30.7 Å². The lowest BCUT2D eigenvalue weighted by Gasteiger charge is -2.16. The molecule has 24 heavy (non-hydrogen) atoms. The molecule has 6 nitrogen and oxygen atoms in total. The molecule has 1 saturated heterocycles. The highest BCUT2D eigenvalue weighted by Crippen LogP contribution is 2.18. The lowest BCUT2D eigenvalue weighted by atomic mass is 10.1. The summed E-state index contributed by atoms with van der Waals surface area (Å²) in [5.41, 5.74) is 1.41. The molecule has 2 amide bonds. The molecule has 8 heteroatoms. The van der Waals surface area contributed by atoms with Crippen molar-refractivity contribution in [3.63, 3.8) is 0 Å². The van der Waals surface area contributed by atoms with Crippen LogP contribution < -0.4 is 5.32 Å². The van der Waals surface area contributed by atoms with Crippen LogP contribution in [0.5, 0.6) is 0 Å². The van der Waals surface area contributed by atoms with Gasteiger partial charge in [-0.3, -0.25) is 9.59 Å². The van der Waals surface area contributed by atoms with E-state index < -0.39 is 0 Å². The molecule has 0 saturated carbocycles. The molecule has 126 valence electrons. The first kappa shape index (κ1) is 16.5. The first-order valence-corrected chi connectivity index (χ1v) is 8.61. The van der Waals surface area contributed by atoms with Crippen LogP contribution in [-0.2, 0) is 16.1 Å². The summed E-state index contributed by atoms with van der Waals surface area (Å²) in [6, 6.07) is 4.43. The van der Waals surface area contributed by atoms with Crippen molar-refractivity contribution in [3.8, 4) is 5.69 Å². The molecule has 1 N–H and O–H groups in total. The number of thioether (sulfide) groups is 1. The van der Waals surface area contributed by atoms with Crippen LogP contribution in [0.25, 0.3) is 5.69 Å². The number of benzene rings is 1. The number of amides is 2. The second-order valence-electron chi connectivity index (χ2n) is 5.46. The average molecular weight is 348 g/mol. The Morgan fingerprint density at radius 3 is 2.96 bits per heavy atom. The monoisotopic (exact) mass is 348 g/mol. The Hall–Kier alpha value is -2.35. The third-order valence-electron chi connectivity index (χ3n) is 3.76. The van der Waals surface area contributed by atoms with Crippen LogP contribution >= 0.6 is 11.8 Å². The van der Waals surface area contributed by atoms with Gasteiger partial charge in [0.2, 0.25) is 11.8 Å². The van der Waals surface area contributed by atoms with Gasteiger partial charge in [-0.1, -0.05) is 0 Å². The smallest absolute Gasteiger partial charge is 0.239 e. The average Bonchev–Trinajstić information content (AvgIpc) is 3.14. The van der Waals surface area contributed by atoms with Crippen molar-refractivity contribution in [1.29, 1.82) is 0 Å². The van der Waals surface area contributed by atoms with Crippen molar-refractivity contribution in [2.45, 2.75) is 13.5 Å². The summed E-state index contributed by atoms with van der Waals surface area (Å²) in [6.07, 6.45) is 3.45. The summed E-state index contributed by atoms with van der Waals surface area (Å²) >= 11 is 1.49. The van der Waals surface area contributed by atoms with Crippen molar-refractivity contribution in [2.24, 2.45) is 0 Å². The summed E-state index contributed by atoms with van der Waals surface area (Å²) in [4.78, 5) is 29.3. The number of carbonyl (C=O) groups is 2. The number of aryl methyl sites for hydroxylation is 1. The van der Waals surface area contributed by atoms with E-state index in [1.807, 2.05) is 11.5 Å². The fourth-order valence-electron chi connectivity index (χ4n) is 2.53. The van der Waals surface area contributed by atoms with Crippen LogP contribution in [0.1, 0.15) is 11.4 Å². The number of imidazole rings is 1. The minimum absolute atomic E-state index is 0.0284. The minimum atomic E-state index is -0.369. The van der Waals surface area contributed by atoms with Gasteiger partial charge in [-0.25, -0.2) is 9.37 Å². The molecule has 0 unspecified atom stereocenters. The zero-order valence-electron chi connectivity index (χ0n) is 13.2. The molecule has 1 aliphatic heterocycles. The summed E-state index contributed by atoms with van der Waals surface area (Å²) in [5.74, 6) is 1.06. The van der Waals surface area contributed by atoms with Crippen molar-refractivity contribution >= 4 is 23.6 Å². The van der Waals surface area contributed by atoms with Gasteiger partial charge in [-0.2, -0.15) is 0 Å². The Bertz CT molecular complexity index is 777. The van der Waals surface area contributed by atoms with E-state index in [2.05, 4.69) is 10.3 Å². The number of hydrogen-bond acceptors (Lipinski definition) is 4. The maximum absolute atomic E-state index is 13.6. The topological polar surface area (TPSA) is 67.2 Å². The molecule has 0 spiro atoms. The molecule has 0 atom stereocenters. The third kappa shape index (κ3) is 3.59. The van der Waals surface area contributed by atoms with Crippen LogP contribution in [0, 0.1) is 12.7 Å². The molecule has 1 aromatic carbocycles.